The summed E-state index contributed by atoms with van der Waals surface area (Å²) in [4.78, 5) is 8.99. The zero-order valence-electron chi connectivity index (χ0n) is 21.2. The number of rotatable bonds is 1. The second-order valence-corrected chi connectivity index (χ2v) is 9.33. The van der Waals surface area contributed by atoms with Gasteiger partial charge in [-0.3, -0.25) is 0 Å². The van der Waals surface area contributed by atoms with Gasteiger partial charge in [0.05, 0.1) is 5.69 Å². The monoisotopic (exact) mass is 419 g/mol. The maximum Gasteiger partial charge on any atom is 0.145 e. The van der Waals surface area contributed by atoms with Crippen molar-refractivity contribution in [2.75, 3.05) is 0 Å². The first-order valence-corrected chi connectivity index (χ1v) is 10.8. The molecular formula is C29H24N2O. The number of nitrogens with zero attached hydrogens (tertiary/aromatic N) is 2. The van der Waals surface area contributed by atoms with Crippen molar-refractivity contribution in [1.82, 2.24) is 9.97 Å². The zero-order chi connectivity index (χ0) is 24.5. The predicted octanol–water partition coefficient (Wildman–Crippen LogP) is 7.96. The minimum absolute atomic E-state index is 0.154. The van der Waals surface area contributed by atoms with E-state index in [9.17, 15) is 0 Å². The van der Waals surface area contributed by atoms with Gasteiger partial charge in [-0.15, -0.1) is 0 Å². The third kappa shape index (κ3) is 2.74. The van der Waals surface area contributed by atoms with Gasteiger partial charge in [0.1, 0.15) is 17.5 Å². The molecule has 6 rings (SSSR count). The Balaban J connectivity index is 1.78. The number of aryl methyl sites for hydroxylation is 1. The summed E-state index contributed by atoms with van der Waals surface area (Å²) in [7, 11) is 0. The van der Waals surface area contributed by atoms with Gasteiger partial charge in [-0.25, -0.2) is 9.97 Å². The quantitative estimate of drug-likeness (QED) is 0.254. The van der Waals surface area contributed by atoms with Crippen molar-refractivity contribution >= 4 is 43.5 Å². The molecule has 2 heterocycles. The van der Waals surface area contributed by atoms with Crippen LogP contribution in [0.5, 0.6) is 0 Å². The van der Waals surface area contributed by atoms with Gasteiger partial charge in [0.15, 0.2) is 0 Å². The maximum absolute atomic E-state index is 8.22. The first-order chi connectivity index (χ1) is 16.6. The average molecular weight is 420 g/mol. The van der Waals surface area contributed by atoms with Crippen molar-refractivity contribution < 1.29 is 8.53 Å². The van der Waals surface area contributed by atoms with Crippen LogP contribution >= 0.6 is 0 Å². The summed E-state index contributed by atoms with van der Waals surface area (Å²) in [5, 5.41) is 5.62. The Kier molecular flexibility index (Phi) is 3.32. The smallest absolute Gasteiger partial charge is 0.145 e. The lowest BCUT2D eigenvalue weighted by Gasteiger charge is -2.17. The summed E-state index contributed by atoms with van der Waals surface area (Å²) in [5.74, 6) is 0. The summed E-state index contributed by atoms with van der Waals surface area (Å²) in [6.45, 7) is 4.02. The zero-order valence-corrected chi connectivity index (χ0v) is 18.2. The van der Waals surface area contributed by atoms with E-state index in [0.717, 1.165) is 38.2 Å². The summed E-state index contributed by atoms with van der Waals surface area (Å²) in [5.41, 5.74) is 3.72. The van der Waals surface area contributed by atoms with Gasteiger partial charge in [0.2, 0.25) is 0 Å². The SMILES string of the molecule is [2H]C([2H])([2H])c1ccc(-c2cc(C(C)(C)C)ncn2)c2oc3c(ccc4ccc5ccccc5c43)c12. The van der Waals surface area contributed by atoms with E-state index in [2.05, 4.69) is 55.0 Å². The summed E-state index contributed by atoms with van der Waals surface area (Å²) in [6.07, 6.45) is 1.56. The topological polar surface area (TPSA) is 38.9 Å². The van der Waals surface area contributed by atoms with Crippen LogP contribution in [0.15, 0.2) is 77.5 Å². The highest BCUT2D eigenvalue weighted by Crippen LogP contribution is 2.42. The van der Waals surface area contributed by atoms with Crippen LogP contribution in [0.2, 0.25) is 0 Å². The molecule has 0 aliphatic carbocycles. The molecule has 3 heteroatoms. The molecule has 2 aromatic heterocycles. The van der Waals surface area contributed by atoms with E-state index < -0.39 is 6.85 Å². The van der Waals surface area contributed by atoms with E-state index in [1.165, 1.54) is 0 Å². The summed E-state index contributed by atoms with van der Waals surface area (Å²) >= 11 is 0. The van der Waals surface area contributed by atoms with Gasteiger partial charge in [-0.2, -0.15) is 0 Å². The Labute approximate surface area is 190 Å². The lowest BCUT2D eigenvalue weighted by molar-refractivity contribution is 0.567. The standard InChI is InChI=1S/C29H24N2O/c1-17-9-13-21(23-15-24(29(2,3)4)31-16-30-23)27-25(17)22-14-12-19-11-10-18-7-5-6-8-20(18)26(19)28(22)32-27/h5-16H,1-4H3/i1D3. The van der Waals surface area contributed by atoms with Gasteiger partial charge < -0.3 is 4.42 Å². The maximum atomic E-state index is 8.22. The van der Waals surface area contributed by atoms with E-state index in [4.69, 9.17) is 8.53 Å². The molecule has 32 heavy (non-hydrogen) atoms. The second-order valence-electron chi connectivity index (χ2n) is 9.33. The van der Waals surface area contributed by atoms with Gasteiger partial charge in [-0.05, 0) is 46.8 Å². The van der Waals surface area contributed by atoms with Crippen LogP contribution in [-0.2, 0) is 5.41 Å². The second kappa shape index (κ2) is 6.64. The molecule has 0 aliphatic heterocycles. The van der Waals surface area contributed by atoms with Crippen molar-refractivity contribution in [2.24, 2.45) is 0 Å². The fraction of sp³-hybridized carbons (Fsp3) is 0.172. The Hall–Kier alpha value is -3.72. The molecule has 0 N–H and O–H groups in total. The molecule has 0 spiro atoms. The van der Waals surface area contributed by atoms with Gasteiger partial charge in [0.25, 0.3) is 0 Å². The molecular weight excluding hydrogens is 392 g/mol. The van der Waals surface area contributed by atoms with Crippen molar-refractivity contribution in [2.45, 2.75) is 33.0 Å². The lowest BCUT2D eigenvalue weighted by Crippen LogP contribution is -2.13. The molecule has 6 aromatic rings. The number of furan rings is 1. The van der Waals surface area contributed by atoms with Crippen molar-refractivity contribution in [3.63, 3.8) is 0 Å². The van der Waals surface area contributed by atoms with Crippen LogP contribution in [0.3, 0.4) is 0 Å². The lowest BCUT2D eigenvalue weighted by atomic mass is 9.91. The molecule has 0 saturated carbocycles. The Morgan fingerprint density at radius 3 is 2.44 bits per heavy atom. The number of benzene rings is 4. The van der Waals surface area contributed by atoms with E-state index in [1.807, 2.05) is 36.4 Å². The molecule has 4 aromatic carbocycles. The summed E-state index contributed by atoms with van der Waals surface area (Å²) in [6, 6.07) is 21.8. The minimum atomic E-state index is -2.29. The van der Waals surface area contributed by atoms with Crippen LogP contribution in [0, 0.1) is 6.85 Å². The summed E-state index contributed by atoms with van der Waals surface area (Å²) < 4.78 is 31.3. The van der Waals surface area contributed by atoms with Crippen LogP contribution in [0.25, 0.3) is 54.7 Å². The molecule has 0 amide bonds. The molecule has 0 bridgehead atoms. The van der Waals surface area contributed by atoms with E-state index in [0.29, 0.717) is 22.2 Å². The van der Waals surface area contributed by atoms with Gasteiger partial charge in [-0.1, -0.05) is 69.3 Å². The minimum Gasteiger partial charge on any atom is -0.455 e. The van der Waals surface area contributed by atoms with Crippen LogP contribution in [-0.4, -0.2) is 9.97 Å². The van der Waals surface area contributed by atoms with Crippen molar-refractivity contribution in [1.29, 1.82) is 0 Å². The van der Waals surface area contributed by atoms with E-state index in [1.54, 1.807) is 12.4 Å². The number of hydrogen-bond donors (Lipinski definition) is 0. The Bertz CT molecular complexity index is 1780. The number of aromatic nitrogens is 2. The highest BCUT2D eigenvalue weighted by atomic mass is 16.3. The van der Waals surface area contributed by atoms with Crippen molar-refractivity contribution in [3.8, 4) is 11.3 Å². The molecule has 3 nitrogen and oxygen atoms in total. The third-order valence-corrected chi connectivity index (χ3v) is 6.21. The fourth-order valence-electron chi connectivity index (χ4n) is 4.54. The Morgan fingerprint density at radius 1 is 0.781 bits per heavy atom. The number of fused-ring (bicyclic) bond motifs is 7. The first kappa shape index (κ1) is 16.0. The Morgan fingerprint density at radius 2 is 1.59 bits per heavy atom. The van der Waals surface area contributed by atoms with Crippen LogP contribution < -0.4 is 0 Å². The van der Waals surface area contributed by atoms with E-state index in [-0.39, 0.29) is 11.0 Å². The third-order valence-electron chi connectivity index (χ3n) is 6.21. The normalized spacial score (nSPS) is 14.2. The van der Waals surface area contributed by atoms with Gasteiger partial charge >= 0.3 is 0 Å². The molecule has 0 radical (unpaired) electrons. The van der Waals surface area contributed by atoms with Gasteiger partial charge in [0, 0.05) is 36.9 Å². The molecule has 0 fully saturated rings. The van der Waals surface area contributed by atoms with Crippen molar-refractivity contribution in [3.05, 3.63) is 84.3 Å². The largest absolute Gasteiger partial charge is 0.455 e. The molecule has 0 saturated heterocycles. The molecule has 0 atom stereocenters. The average Bonchev–Trinajstić information content (AvgIpc) is 3.22. The van der Waals surface area contributed by atoms with Crippen LogP contribution in [0.1, 0.15) is 36.1 Å². The highest BCUT2D eigenvalue weighted by Gasteiger charge is 2.20. The highest BCUT2D eigenvalue weighted by molar-refractivity contribution is 6.24. The molecule has 156 valence electrons. The first-order valence-electron chi connectivity index (χ1n) is 12.3. The predicted molar refractivity (Wildman–Crippen MR) is 133 cm³/mol. The molecule has 0 unspecified atom stereocenters. The number of hydrogen-bond acceptors (Lipinski definition) is 3. The fourth-order valence-corrected chi connectivity index (χ4v) is 4.54. The van der Waals surface area contributed by atoms with Crippen LogP contribution in [0.4, 0.5) is 0 Å². The van der Waals surface area contributed by atoms with E-state index >= 15 is 0 Å². The molecule has 0 aliphatic rings.